The average molecular weight is 420 g/mol. The predicted octanol–water partition coefficient (Wildman–Crippen LogP) is 4.14. The van der Waals surface area contributed by atoms with Crippen molar-refractivity contribution < 1.29 is 28.6 Å². The molecule has 0 radical (unpaired) electrons. The van der Waals surface area contributed by atoms with Gasteiger partial charge in [0.1, 0.15) is 0 Å². The number of hydrogen-bond acceptors (Lipinski definition) is 6. The Kier molecular flexibility index (Phi) is 8.03. The summed E-state index contributed by atoms with van der Waals surface area (Å²) < 4.78 is 15.8. The summed E-state index contributed by atoms with van der Waals surface area (Å²) in [5.74, 6) is -0.885. The van der Waals surface area contributed by atoms with Crippen LogP contribution < -0.4 is 14.8 Å². The molecular weight excluding hydrogens is 398 g/mol. The van der Waals surface area contributed by atoms with Crippen LogP contribution in [0.2, 0.25) is 5.02 Å². The topological polar surface area (TPSA) is 90.9 Å². The molecule has 2 aromatic rings. The van der Waals surface area contributed by atoms with Gasteiger partial charge in [-0.1, -0.05) is 30.7 Å². The number of ketones is 1. The summed E-state index contributed by atoms with van der Waals surface area (Å²) in [4.78, 5) is 36.0. The van der Waals surface area contributed by atoms with Crippen LogP contribution in [0.25, 0.3) is 0 Å². The van der Waals surface area contributed by atoms with Crippen LogP contribution in [0.1, 0.15) is 41.0 Å². The third kappa shape index (κ3) is 5.96. The van der Waals surface area contributed by atoms with Gasteiger partial charge in [0.05, 0.1) is 30.0 Å². The van der Waals surface area contributed by atoms with Gasteiger partial charge in [0.25, 0.3) is 5.91 Å². The highest BCUT2D eigenvalue weighted by Gasteiger charge is 2.18. The smallest absolute Gasteiger partial charge is 0.338 e. The van der Waals surface area contributed by atoms with E-state index in [1.54, 1.807) is 24.3 Å². The molecule has 2 aromatic carbocycles. The molecule has 0 aliphatic carbocycles. The summed E-state index contributed by atoms with van der Waals surface area (Å²) in [5, 5.41) is 2.76. The Morgan fingerprint density at radius 1 is 1.14 bits per heavy atom. The number of para-hydroxylation sites is 1. The number of ether oxygens (including phenoxy) is 3. The third-order valence-corrected chi connectivity index (χ3v) is 4.11. The number of Topliss-reactive ketones (excluding diaryl/α,β-unsaturated/α-hetero) is 1. The van der Waals surface area contributed by atoms with Crippen molar-refractivity contribution in [2.75, 3.05) is 25.6 Å². The van der Waals surface area contributed by atoms with Gasteiger partial charge < -0.3 is 19.5 Å². The number of carbonyl (C=O) groups is 3. The molecule has 0 heterocycles. The summed E-state index contributed by atoms with van der Waals surface area (Å²) in [6, 6.07) is 9.39. The first-order chi connectivity index (χ1) is 13.9. The van der Waals surface area contributed by atoms with Crippen molar-refractivity contribution in [3.8, 4) is 11.5 Å². The van der Waals surface area contributed by atoms with Crippen LogP contribution in [-0.4, -0.2) is 38.0 Å². The lowest BCUT2D eigenvalue weighted by atomic mass is 10.1. The van der Waals surface area contributed by atoms with E-state index in [-0.39, 0.29) is 22.1 Å². The number of methoxy groups -OCH3 is 1. The van der Waals surface area contributed by atoms with Gasteiger partial charge in [-0.15, -0.1) is 0 Å². The number of nitrogens with one attached hydrogen (secondary N) is 1. The molecule has 7 nitrogen and oxygen atoms in total. The minimum Gasteiger partial charge on any atom is -0.493 e. The van der Waals surface area contributed by atoms with Crippen LogP contribution in [0.15, 0.2) is 36.4 Å². The van der Waals surface area contributed by atoms with Gasteiger partial charge >= 0.3 is 5.97 Å². The van der Waals surface area contributed by atoms with Gasteiger partial charge in [0.2, 0.25) is 0 Å². The molecule has 29 heavy (non-hydrogen) atoms. The number of benzene rings is 2. The molecule has 1 amide bonds. The van der Waals surface area contributed by atoms with Crippen molar-refractivity contribution in [2.24, 2.45) is 0 Å². The Morgan fingerprint density at radius 2 is 1.86 bits per heavy atom. The fourth-order valence-electron chi connectivity index (χ4n) is 2.48. The number of rotatable bonds is 9. The standard InChI is InChI=1S/C21H22ClNO6/c1-4-9-28-20-16(22)10-14(11-18(20)27-3)21(26)29-12-19(25)23-17-8-6-5-7-15(17)13(2)24/h5-8,10-11H,4,9,12H2,1-3H3,(H,23,25). The van der Waals surface area contributed by atoms with E-state index >= 15 is 0 Å². The van der Waals surface area contributed by atoms with Gasteiger partial charge in [0, 0.05) is 5.56 Å². The molecule has 0 aliphatic rings. The Labute approximate surface area is 173 Å². The van der Waals surface area contributed by atoms with Crippen LogP contribution in [-0.2, 0) is 9.53 Å². The number of carbonyl (C=O) groups excluding carboxylic acids is 3. The molecule has 0 saturated carbocycles. The van der Waals surface area contributed by atoms with Crippen LogP contribution in [0.5, 0.6) is 11.5 Å². The molecule has 0 saturated heterocycles. The second-order valence-corrected chi connectivity index (χ2v) is 6.47. The molecule has 8 heteroatoms. The van der Waals surface area contributed by atoms with Gasteiger partial charge in [-0.3, -0.25) is 9.59 Å². The van der Waals surface area contributed by atoms with Crippen LogP contribution >= 0.6 is 11.6 Å². The molecule has 2 rings (SSSR count). The zero-order chi connectivity index (χ0) is 21.4. The number of anilines is 1. The van der Waals surface area contributed by atoms with E-state index in [4.69, 9.17) is 25.8 Å². The van der Waals surface area contributed by atoms with Crippen molar-refractivity contribution in [3.63, 3.8) is 0 Å². The number of hydrogen-bond donors (Lipinski definition) is 1. The molecule has 154 valence electrons. The molecule has 0 aromatic heterocycles. The van der Waals surface area contributed by atoms with Crippen molar-refractivity contribution in [1.29, 1.82) is 0 Å². The zero-order valence-electron chi connectivity index (χ0n) is 16.4. The van der Waals surface area contributed by atoms with Crippen molar-refractivity contribution >= 4 is 34.9 Å². The predicted molar refractivity (Wildman–Crippen MR) is 109 cm³/mol. The lowest BCUT2D eigenvalue weighted by Crippen LogP contribution is -2.22. The molecule has 1 N–H and O–H groups in total. The van der Waals surface area contributed by atoms with Gasteiger partial charge in [-0.25, -0.2) is 4.79 Å². The monoisotopic (exact) mass is 419 g/mol. The molecule has 0 aliphatic heterocycles. The van der Waals surface area contributed by atoms with E-state index in [1.807, 2.05) is 6.92 Å². The lowest BCUT2D eigenvalue weighted by Gasteiger charge is -2.13. The van der Waals surface area contributed by atoms with Crippen molar-refractivity contribution in [2.45, 2.75) is 20.3 Å². The normalized spacial score (nSPS) is 10.2. The minimum atomic E-state index is -0.748. The van der Waals surface area contributed by atoms with E-state index in [9.17, 15) is 14.4 Å². The fraction of sp³-hybridized carbons (Fsp3) is 0.286. The molecule has 0 fully saturated rings. The lowest BCUT2D eigenvalue weighted by molar-refractivity contribution is -0.119. The van der Waals surface area contributed by atoms with Crippen LogP contribution in [0.4, 0.5) is 5.69 Å². The molecule has 0 unspecified atom stereocenters. The SMILES string of the molecule is CCCOc1c(Cl)cc(C(=O)OCC(=O)Nc2ccccc2C(C)=O)cc1OC. The zero-order valence-corrected chi connectivity index (χ0v) is 17.2. The maximum atomic E-state index is 12.3. The Morgan fingerprint density at radius 3 is 2.52 bits per heavy atom. The van der Waals surface area contributed by atoms with Crippen LogP contribution in [0.3, 0.4) is 0 Å². The molecule has 0 atom stereocenters. The van der Waals surface area contributed by atoms with Crippen molar-refractivity contribution in [3.05, 3.63) is 52.5 Å². The summed E-state index contributed by atoms with van der Waals surface area (Å²) in [6.45, 7) is 3.27. The Hall–Kier alpha value is -3.06. The van der Waals surface area contributed by atoms with E-state index in [1.165, 1.54) is 26.2 Å². The molecule has 0 bridgehead atoms. The second-order valence-electron chi connectivity index (χ2n) is 6.06. The maximum absolute atomic E-state index is 12.3. The average Bonchev–Trinajstić information content (AvgIpc) is 2.70. The van der Waals surface area contributed by atoms with Gasteiger partial charge in [0.15, 0.2) is 23.9 Å². The van der Waals surface area contributed by atoms with E-state index in [2.05, 4.69) is 5.32 Å². The quantitative estimate of drug-likeness (QED) is 0.485. The van der Waals surface area contributed by atoms with E-state index < -0.39 is 18.5 Å². The summed E-state index contributed by atoms with van der Waals surface area (Å²) in [5.41, 5.74) is 0.835. The highest BCUT2D eigenvalue weighted by molar-refractivity contribution is 6.32. The largest absolute Gasteiger partial charge is 0.493 e. The number of amides is 1. The summed E-state index contributed by atoms with van der Waals surface area (Å²) in [7, 11) is 1.43. The third-order valence-electron chi connectivity index (χ3n) is 3.83. The van der Waals surface area contributed by atoms with Crippen LogP contribution in [0, 0.1) is 0 Å². The van der Waals surface area contributed by atoms with Gasteiger partial charge in [-0.05, 0) is 37.6 Å². The summed E-state index contributed by atoms with van der Waals surface area (Å²) >= 11 is 6.19. The van der Waals surface area contributed by atoms with E-state index in [0.717, 1.165) is 6.42 Å². The van der Waals surface area contributed by atoms with E-state index in [0.29, 0.717) is 23.6 Å². The minimum absolute atomic E-state index is 0.118. The Balaban J connectivity index is 2.04. The maximum Gasteiger partial charge on any atom is 0.338 e. The first-order valence-electron chi connectivity index (χ1n) is 8.94. The summed E-state index contributed by atoms with van der Waals surface area (Å²) in [6.07, 6.45) is 0.783. The first kappa shape index (κ1) is 22.2. The number of halogens is 1. The second kappa shape index (κ2) is 10.5. The van der Waals surface area contributed by atoms with Gasteiger partial charge in [-0.2, -0.15) is 0 Å². The Bertz CT molecular complexity index is 912. The molecule has 0 spiro atoms. The number of esters is 1. The highest BCUT2D eigenvalue weighted by atomic mass is 35.5. The fourth-order valence-corrected chi connectivity index (χ4v) is 2.75. The highest BCUT2D eigenvalue weighted by Crippen LogP contribution is 2.36. The van der Waals surface area contributed by atoms with Crippen molar-refractivity contribution in [1.82, 2.24) is 0 Å². The molecular formula is C21H22ClNO6. The first-order valence-corrected chi connectivity index (χ1v) is 9.32.